The van der Waals surface area contributed by atoms with Crippen LogP contribution in [0.2, 0.25) is 0 Å². The van der Waals surface area contributed by atoms with Gasteiger partial charge in [0.1, 0.15) is 30.5 Å². The zero-order valence-corrected chi connectivity index (χ0v) is 38.1. The third-order valence-electron chi connectivity index (χ3n) is 11.1. The molecule has 4 N–H and O–H groups in total. The molecule has 0 saturated carbocycles. The predicted molar refractivity (Wildman–Crippen MR) is 234 cm³/mol. The van der Waals surface area contributed by atoms with Crippen molar-refractivity contribution in [3.63, 3.8) is 0 Å². The first kappa shape index (κ1) is 55.9. The number of carbonyl (C=O) groups excluding carboxylic acids is 1. The average Bonchev–Trinajstić information content (AvgIpc) is 3.20. The van der Waals surface area contributed by atoms with Gasteiger partial charge in [0.2, 0.25) is 0 Å². The molecule has 0 bridgehead atoms. The third-order valence-corrected chi connectivity index (χ3v) is 11.6. The highest BCUT2D eigenvalue weighted by Gasteiger charge is 2.48. The largest absolute Gasteiger partial charge is 0.457 e. The SMILES string of the molecule is CCCCCCC/C=C\CCCCCCCC(=O)OC(COCCCCCCCCCCCCCCCCCCCC)COC1OC(CO)C(O)C(OS(=O)(=O)O)C1O. The zero-order valence-electron chi connectivity index (χ0n) is 37.3. The average molecular weight is 865 g/mol. The van der Waals surface area contributed by atoms with Crippen LogP contribution in [0.3, 0.4) is 0 Å². The summed E-state index contributed by atoms with van der Waals surface area (Å²) in [6.45, 7) is 4.00. The van der Waals surface area contributed by atoms with Gasteiger partial charge in [-0.05, 0) is 38.5 Å². The van der Waals surface area contributed by atoms with Gasteiger partial charge in [-0.25, -0.2) is 4.18 Å². The lowest BCUT2D eigenvalue weighted by molar-refractivity contribution is -0.301. The molecule has 0 aliphatic carbocycles. The van der Waals surface area contributed by atoms with Gasteiger partial charge in [0.25, 0.3) is 0 Å². The van der Waals surface area contributed by atoms with E-state index in [-0.39, 0.29) is 19.6 Å². The second-order valence-electron chi connectivity index (χ2n) is 16.7. The molecule has 1 aliphatic heterocycles. The van der Waals surface area contributed by atoms with Crippen LogP contribution in [0.4, 0.5) is 0 Å². The van der Waals surface area contributed by atoms with Crippen LogP contribution in [0.5, 0.6) is 0 Å². The van der Waals surface area contributed by atoms with E-state index in [9.17, 15) is 28.5 Å². The number of ether oxygens (including phenoxy) is 4. The summed E-state index contributed by atoms with van der Waals surface area (Å²) >= 11 is 0. The van der Waals surface area contributed by atoms with E-state index >= 15 is 0 Å². The molecule has 1 fully saturated rings. The number of hydrogen-bond acceptors (Lipinski definition) is 11. The Kier molecular flexibility index (Phi) is 36.5. The van der Waals surface area contributed by atoms with Crippen LogP contribution in [0.15, 0.2) is 12.2 Å². The van der Waals surface area contributed by atoms with Gasteiger partial charge in [0, 0.05) is 13.0 Å². The van der Waals surface area contributed by atoms with Gasteiger partial charge >= 0.3 is 16.4 Å². The molecule has 1 aliphatic rings. The lowest BCUT2D eigenvalue weighted by Gasteiger charge is -2.41. The van der Waals surface area contributed by atoms with Crippen molar-refractivity contribution >= 4 is 16.4 Å². The lowest BCUT2D eigenvalue weighted by atomic mass is 9.99. The number of esters is 1. The van der Waals surface area contributed by atoms with Crippen molar-refractivity contribution in [3.8, 4) is 0 Å². The maximum Gasteiger partial charge on any atom is 0.397 e. The molecular formula is C46H88O12S. The first-order valence-corrected chi connectivity index (χ1v) is 25.3. The van der Waals surface area contributed by atoms with Crippen LogP contribution in [0.1, 0.15) is 213 Å². The van der Waals surface area contributed by atoms with Crippen LogP contribution in [0, 0.1) is 0 Å². The molecular weight excluding hydrogens is 777 g/mol. The Hall–Kier alpha value is -1.16. The number of allylic oxidation sites excluding steroid dienone is 2. The van der Waals surface area contributed by atoms with Crippen molar-refractivity contribution < 1.29 is 56.2 Å². The Morgan fingerprint density at radius 2 is 1.07 bits per heavy atom. The van der Waals surface area contributed by atoms with Gasteiger partial charge in [0.05, 0.1) is 19.8 Å². The quantitative estimate of drug-likeness (QED) is 0.0198. The Morgan fingerprint density at radius 1 is 0.627 bits per heavy atom. The van der Waals surface area contributed by atoms with E-state index in [0.29, 0.717) is 13.0 Å². The number of hydrogen-bond donors (Lipinski definition) is 4. The van der Waals surface area contributed by atoms with Crippen LogP contribution in [0.25, 0.3) is 0 Å². The minimum atomic E-state index is -5.06. The Balaban J connectivity index is 2.39. The third kappa shape index (κ3) is 32.2. The standard InChI is InChI=1S/C46H88O12S/c1-3-5-7-9-11-13-15-17-19-20-21-22-24-26-28-30-32-34-36-54-38-40(39-55-46-44(50)45(58-59(51,52)53)43(49)41(37-47)57-46)56-42(48)35-33-31-29-27-25-23-18-16-14-12-10-8-6-4-2/h16,18,40-41,43-47,49-50H,3-15,17,19-39H2,1-2H3,(H,51,52,53)/b18-16-. The van der Waals surface area contributed by atoms with Crippen molar-refractivity contribution in [2.45, 2.75) is 250 Å². The number of unbranched alkanes of at least 4 members (excludes halogenated alkanes) is 27. The molecule has 0 aromatic heterocycles. The summed E-state index contributed by atoms with van der Waals surface area (Å²) in [5.74, 6) is -0.404. The van der Waals surface area contributed by atoms with Gasteiger partial charge in [-0.3, -0.25) is 9.35 Å². The fourth-order valence-electron chi connectivity index (χ4n) is 7.49. The summed E-state index contributed by atoms with van der Waals surface area (Å²) in [5.41, 5.74) is 0. The van der Waals surface area contributed by atoms with Crippen molar-refractivity contribution in [2.24, 2.45) is 0 Å². The molecule has 1 heterocycles. The molecule has 6 atom stereocenters. The maximum absolute atomic E-state index is 12.8. The molecule has 0 aromatic carbocycles. The number of carbonyl (C=O) groups is 1. The molecule has 0 spiro atoms. The highest BCUT2D eigenvalue weighted by Crippen LogP contribution is 2.26. The van der Waals surface area contributed by atoms with Crippen molar-refractivity contribution in [2.75, 3.05) is 26.4 Å². The summed E-state index contributed by atoms with van der Waals surface area (Å²) in [4.78, 5) is 12.8. The molecule has 6 unspecified atom stereocenters. The van der Waals surface area contributed by atoms with Crippen LogP contribution < -0.4 is 0 Å². The molecule has 0 amide bonds. The van der Waals surface area contributed by atoms with E-state index in [1.807, 2.05) is 0 Å². The lowest BCUT2D eigenvalue weighted by Crippen LogP contribution is -2.60. The smallest absolute Gasteiger partial charge is 0.397 e. The normalized spacial score (nSPS) is 20.4. The number of rotatable bonds is 42. The molecule has 350 valence electrons. The Morgan fingerprint density at radius 3 is 1.53 bits per heavy atom. The van der Waals surface area contributed by atoms with Crippen LogP contribution in [-0.2, 0) is 38.3 Å². The minimum absolute atomic E-state index is 0.0385. The number of aliphatic hydroxyl groups excluding tert-OH is 3. The van der Waals surface area contributed by atoms with Gasteiger partial charge in [-0.15, -0.1) is 0 Å². The monoisotopic (exact) mass is 865 g/mol. The first-order chi connectivity index (χ1) is 28.6. The second kappa shape index (κ2) is 38.5. The molecule has 0 aromatic rings. The van der Waals surface area contributed by atoms with Gasteiger partial charge in [0.15, 0.2) is 6.29 Å². The number of aliphatic hydroxyl groups is 3. The summed E-state index contributed by atoms with van der Waals surface area (Å²) in [6, 6.07) is 0. The van der Waals surface area contributed by atoms with Crippen molar-refractivity contribution in [1.82, 2.24) is 0 Å². The van der Waals surface area contributed by atoms with Crippen LogP contribution >= 0.6 is 0 Å². The maximum atomic E-state index is 12.8. The molecule has 1 saturated heterocycles. The summed E-state index contributed by atoms with van der Waals surface area (Å²) in [5, 5.41) is 30.7. The zero-order chi connectivity index (χ0) is 43.2. The summed E-state index contributed by atoms with van der Waals surface area (Å²) < 4.78 is 59.1. The molecule has 0 radical (unpaired) electrons. The van der Waals surface area contributed by atoms with E-state index in [4.69, 9.17) is 23.5 Å². The topological polar surface area (TPSA) is 178 Å². The molecule has 1 rings (SSSR count). The van der Waals surface area contributed by atoms with Gasteiger partial charge in [-0.1, -0.05) is 180 Å². The minimum Gasteiger partial charge on any atom is -0.457 e. The van der Waals surface area contributed by atoms with E-state index in [1.54, 1.807) is 0 Å². The highest BCUT2D eigenvalue weighted by atomic mass is 32.3. The van der Waals surface area contributed by atoms with Gasteiger partial charge < -0.3 is 34.3 Å². The molecule has 59 heavy (non-hydrogen) atoms. The first-order valence-electron chi connectivity index (χ1n) is 23.9. The Labute approximate surface area is 359 Å². The van der Waals surface area contributed by atoms with Crippen LogP contribution in [-0.4, -0.2) is 97.5 Å². The van der Waals surface area contributed by atoms with E-state index in [1.165, 1.54) is 128 Å². The highest BCUT2D eigenvalue weighted by molar-refractivity contribution is 7.80. The Bertz CT molecular complexity index is 1090. The van der Waals surface area contributed by atoms with Gasteiger partial charge in [-0.2, -0.15) is 8.42 Å². The van der Waals surface area contributed by atoms with E-state index < -0.39 is 59.8 Å². The summed E-state index contributed by atoms with van der Waals surface area (Å²) in [6.07, 6.45) is 32.4. The molecule has 12 nitrogen and oxygen atoms in total. The van der Waals surface area contributed by atoms with Crippen molar-refractivity contribution in [1.29, 1.82) is 0 Å². The predicted octanol–water partition coefficient (Wildman–Crippen LogP) is 10.2. The van der Waals surface area contributed by atoms with E-state index in [2.05, 4.69) is 30.2 Å². The molecule has 13 heteroatoms. The van der Waals surface area contributed by atoms with Crippen molar-refractivity contribution in [3.05, 3.63) is 12.2 Å². The summed E-state index contributed by atoms with van der Waals surface area (Å²) in [7, 11) is -5.06. The fourth-order valence-corrected chi connectivity index (χ4v) is 8.00. The fraction of sp³-hybridized carbons (Fsp3) is 0.935. The second-order valence-corrected chi connectivity index (χ2v) is 17.8. The van der Waals surface area contributed by atoms with E-state index in [0.717, 1.165) is 57.8 Å².